The van der Waals surface area contributed by atoms with E-state index in [2.05, 4.69) is 6.07 Å². The van der Waals surface area contributed by atoms with Crippen LogP contribution in [0.2, 0.25) is 0 Å². The molecule has 0 aliphatic rings. The lowest BCUT2D eigenvalue weighted by atomic mass is 9.85. The van der Waals surface area contributed by atoms with E-state index in [-0.39, 0.29) is 5.92 Å². The summed E-state index contributed by atoms with van der Waals surface area (Å²) < 4.78 is 33.7. The second-order valence-electron chi connectivity index (χ2n) is 7.59. The molecule has 3 rings (SSSR count). The van der Waals surface area contributed by atoms with Crippen LogP contribution in [-0.2, 0) is 0 Å². The smallest absolute Gasteiger partial charge is 0.150 e. The van der Waals surface area contributed by atoms with E-state index in [1.807, 2.05) is 26.0 Å². The first kappa shape index (κ1) is 21.7. The van der Waals surface area contributed by atoms with Crippen molar-refractivity contribution in [2.24, 2.45) is 0 Å². The lowest BCUT2D eigenvalue weighted by Gasteiger charge is -2.20. The highest BCUT2D eigenvalue weighted by Gasteiger charge is 2.19. The van der Waals surface area contributed by atoms with Crippen molar-refractivity contribution in [1.29, 1.82) is 0 Å². The van der Waals surface area contributed by atoms with Crippen LogP contribution in [0.1, 0.15) is 57.8 Å². The first-order chi connectivity index (χ1) is 14.5. The fourth-order valence-corrected chi connectivity index (χ4v) is 3.55. The SMILES string of the molecule is Cc1ccc([C@H](CCCCOc2ccc(C=O)cc2)c2ccc(F)cc2F)cc1C. The maximum atomic E-state index is 14.5. The summed E-state index contributed by atoms with van der Waals surface area (Å²) in [5, 5.41) is 0. The van der Waals surface area contributed by atoms with E-state index >= 15 is 0 Å². The molecule has 1 atom stereocenters. The molecule has 4 heteroatoms. The Hall–Kier alpha value is -3.01. The second kappa shape index (κ2) is 10.1. The lowest BCUT2D eigenvalue weighted by molar-refractivity contribution is 0.112. The van der Waals surface area contributed by atoms with E-state index in [0.29, 0.717) is 17.7 Å². The number of hydrogen-bond donors (Lipinski definition) is 0. The van der Waals surface area contributed by atoms with Gasteiger partial charge in [-0.25, -0.2) is 8.78 Å². The van der Waals surface area contributed by atoms with Gasteiger partial charge in [0.2, 0.25) is 0 Å². The third kappa shape index (κ3) is 5.53. The average molecular weight is 408 g/mol. The Kier molecular flexibility index (Phi) is 7.34. The van der Waals surface area contributed by atoms with Crippen molar-refractivity contribution in [2.45, 2.75) is 39.0 Å². The van der Waals surface area contributed by atoms with Gasteiger partial charge in [0.25, 0.3) is 0 Å². The molecule has 0 unspecified atom stereocenters. The van der Waals surface area contributed by atoms with Crippen LogP contribution in [0.4, 0.5) is 8.78 Å². The first-order valence-electron chi connectivity index (χ1n) is 10.2. The standard InChI is InChI=1S/C26H26F2O2/c1-18-6-9-21(15-19(18)2)24(25-13-10-22(27)16-26(25)28)5-3-4-14-30-23-11-7-20(17-29)8-12-23/h6-13,15-17,24H,3-5,14H2,1-2H3/t24-/m0/s1. The molecule has 0 radical (unpaired) electrons. The van der Waals surface area contributed by atoms with Crippen molar-refractivity contribution in [3.8, 4) is 5.75 Å². The summed E-state index contributed by atoms with van der Waals surface area (Å²) in [4.78, 5) is 10.7. The average Bonchev–Trinajstić information content (AvgIpc) is 2.74. The van der Waals surface area contributed by atoms with E-state index in [1.165, 1.54) is 11.6 Å². The molecule has 0 fully saturated rings. The fourth-order valence-electron chi connectivity index (χ4n) is 3.55. The molecule has 0 amide bonds. The van der Waals surface area contributed by atoms with E-state index in [1.54, 1.807) is 30.3 Å². The number of rotatable bonds is 9. The Morgan fingerprint density at radius 3 is 2.33 bits per heavy atom. The zero-order valence-corrected chi connectivity index (χ0v) is 17.3. The van der Waals surface area contributed by atoms with Gasteiger partial charge in [-0.1, -0.05) is 24.3 Å². The van der Waals surface area contributed by atoms with Crippen molar-refractivity contribution < 1.29 is 18.3 Å². The molecule has 156 valence electrons. The molecule has 3 aromatic carbocycles. The maximum Gasteiger partial charge on any atom is 0.150 e. The van der Waals surface area contributed by atoms with Gasteiger partial charge in [-0.2, -0.15) is 0 Å². The van der Waals surface area contributed by atoms with Gasteiger partial charge in [0.15, 0.2) is 0 Å². The molecular formula is C26H26F2O2. The summed E-state index contributed by atoms with van der Waals surface area (Å²) in [6.45, 7) is 4.62. The number of carbonyl (C=O) groups is 1. The Labute approximate surface area is 176 Å². The minimum Gasteiger partial charge on any atom is -0.494 e. The molecule has 30 heavy (non-hydrogen) atoms. The molecule has 0 N–H and O–H groups in total. The van der Waals surface area contributed by atoms with Gasteiger partial charge in [-0.05, 0) is 85.7 Å². The molecular weight excluding hydrogens is 382 g/mol. The van der Waals surface area contributed by atoms with Crippen LogP contribution in [0.15, 0.2) is 60.7 Å². The molecule has 0 saturated carbocycles. The van der Waals surface area contributed by atoms with E-state index in [9.17, 15) is 13.6 Å². The summed E-state index contributed by atoms with van der Waals surface area (Å²) >= 11 is 0. The summed E-state index contributed by atoms with van der Waals surface area (Å²) in [6, 6.07) is 17.0. The van der Waals surface area contributed by atoms with Crippen molar-refractivity contribution >= 4 is 6.29 Å². The molecule has 2 nitrogen and oxygen atoms in total. The number of hydrogen-bond acceptors (Lipinski definition) is 2. The Bertz CT molecular complexity index is 996. The van der Waals surface area contributed by atoms with Gasteiger partial charge in [0.1, 0.15) is 23.7 Å². The number of aldehydes is 1. The van der Waals surface area contributed by atoms with Crippen LogP contribution in [0, 0.1) is 25.5 Å². The van der Waals surface area contributed by atoms with E-state index in [0.717, 1.165) is 48.5 Å². The zero-order chi connectivity index (χ0) is 21.5. The molecule has 0 aromatic heterocycles. The minimum atomic E-state index is -0.566. The van der Waals surface area contributed by atoms with Crippen molar-refractivity contribution in [3.05, 3.63) is 100 Å². The summed E-state index contributed by atoms with van der Waals surface area (Å²) in [7, 11) is 0. The topological polar surface area (TPSA) is 26.3 Å². The van der Waals surface area contributed by atoms with E-state index < -0.39 is 11.6 Å². The van der Waals surface area contributed by atoms with Crippen LogP contribution in [0.3, 0.4) is 0 Å². The first-order valence-corrected chi connectivity index (χ1v) is 10.2. The summed E-state index contributed by atoms with van der Waals surface area (Å²) in [5.41, 5.74) is 4.51. The number of benzene rings is 3. The number of unbranched alkanes of at least 4 members (excludes halogenated alkanes) is 1. The predicted molar refractivity (Wildman–Crippen MR) is 115 cm³/mol. The van der Waals surface area contributed by atoms with Crippen molar-refractivity contribution in [3.63, 3.8) is 0 Å². The number of halogens is 2. The van der Waals surface area contributed by atoms with Crippen molar-refractivity contribution in [2.75, 3.05) is 6.61 Å². The van der Waals surface area contributed by atoms with Gasteiger partial charge in [-0.3, -0.25) is 4.79 Å². The number of carbonyl (C=O) groups excluding carboxylic acids is 1. The highest BCUT2D eigenvalue weighted by atomic mass is 19.1. The zero-order valence-electron chi connectivity index (χ0n) is 17.3. The molecule has 0 aliphatic carbocycles. The van der Waals surface area contributed by atoms with Gasteiger partial charge >= 0.3 is 0 Å². The number of ether oxygens (including phenoxy) is 1. The largest absolute Gasteiger partial charge is 0.494 e. The van der Waals surface area contributed by atoms with E-state index in [4.69, 9.17) is 4.74 Å². The quantitative estimate of drug-likeness (QED) is 0.288. The number of aryl methyl sites for hydroxylation is 2. The molecule has 0 bridgehead atoms. The summed E-state index contributed by atoms with van der Waals surface area (Å²) in [6.07, 6.45) is 3.17. The third-order valence-electron chi connectivity index (χ3n) is 5.44. The molecule has 0 spiro atoms. The fraction of sp³-hybridized carbons (Fsp3) is 0.269. The van der Waals surface area contributed by atoms with Crippen LogP contribution in [-0.4, -0.2) is 12.9 Å². The third-order valence-corrected chi connectivity index (χ3v) is 5.44. The normalized spacial score (nSPS) is 11.9. The maximum absolute atomic E-state index is 14.5. The second-order valence-corrected chi connectivity index (χ2v) is 7.59. The molecule has 0 saturated heterocycles. The van der Waals surface area contributed by atoms with Gasteiger partial charge < -0.3 is 4.74 Å². The van der Waals surface area contributed by atoms with Gasteiger partial charge in [0.05, 0.1) is 6.61 Å². The van der Waals surface area contributed by atoms with Crippen LogP contribution in [0.5, 0.6) is 5.75 Å². The molecule has 0 heterocycles. The lowest BCUT2D eigenvalue weighted by Crippen LogP contribution is -2.06. The van der Waals surface area contributed by atoms with Crippen LogP contribution >= 0.6 is 0 Å². The minimum absolute atomic E-state index is 0.142. The van der Waals surface area contributed by atoms with Gasteiger partial charge in [-0.15, -0.1) is 0 Å². The molecule has 0 aliphatic heterocycles. The Morgan fingerprint density at radius 2 is 1.67 bits per heavy atom. The van der Waals surface area contributed by atoms with Crippen molar-refractivity contribution in [1.82, 2.24) is 0 Å². The van der Waals surface area contributed by atoms with Crippen LogP contribution in [0.25, 0.3) is 0 Å². The monoisotopic (exact) mass is 408 g/mol. The van der Waals surface area contributed by atoms with Crippen LogP contribution < -0.4 is 4.74 Å². The highest BCUT2D eigenvalue weighted by molar-refractivity contribution is 5.74. The Balaban J connectivity index is 1.66. The molecule has 3 aromatic rings. The Morgan fingerprint density at radius 1 is 0.900 bits per heavy atom. The predicted octanol–water partition coefficient (Wildman–Crippen LogP) is 6.78. The van der Waals surface area contributed by atoms with Gasteiger partial charge in [0, 0.05) is 17.5 Å². The highest BCUT2D eigenvalue weighted by Crippen LogP contribution is 2.33. The summed E-state index contributed by atoms with van der Waals surface area (Å²) in [5.74, 6) is -0.499.